The fourth-order valence-electron chi connectivity index (χ4n) is 6.24. The maximum absolute atomic E-state index is 14.4. The first-order valence-corrected chi connectivity index (χ1v) is 16.7. The highest BCUT2D eigenvalue weighted by molar-refractivity contribution is 6.00. The summed E-state index contributed by atoms with van der Waals surface area (Å²) in [5, 5.41) is 94.9. The molecule has 2 aliphatic heterocycles. The van der Waals surface area contributed by atoms with Crippen molar-refractivity contribution >= 4 is 21.9 Å². The van der Waals surface area contributed by atoms with Crippen LogP contribution in [0.15, 0.2) is 44.6 Å². The van der Waals surface area contributed by atoms with Crippen LogP contribution in [0.2, 0.25) is 0 Å². The molecule has 0 spiro atoms. The largest absolute Gasteiger partial charge is 0.507 e. The molecule has 2 aromatic carbocycles. The summed E-state index contributed by atoms with van der Waals surface area (Å²) in [5.74, 6) is -0.901. The molecule has 286 valence electrons. The van der Waals surface area contributed by atoms with Crippen LogP contribution in [0.25, 0.3) is 21.9 Å². The van der Waals surface area contributed by atoms with Gasteiger partial charge in [-0.1, -0.05) is 23.3 Å². The van der Waals surface area contributed by atoms with Gasteiger partial charge in [0.1, 0.15) is 65.7 Å². The van der Waals surface area contributed by atoms with Crippen molar-refractivity contribution in [3.8, 4) is 23.0 Å². The molecular weight excluding hydrogens is 688 g/mol. The van der Waals surface area contributed by atoms with Crippen molar-refractivity contribution < 1.29 is 74.1 Å². The molecule has 2 aliphatic rings. The topological polar surface area (TPSA) is 258 Å². The Morgan fingerprint density at radius 1 is 0.750 bits per heavy atom. The number of hydrogen-bond donors (Lipinski definition) is 9. The van der Waals surface area contributed by atoms with E-state index in [4.69, 9.17) is 28.1 Å². The van der Waals surface area contributed by atoms with Gasteiger partial charge in [0, 0.05) is 17.2 Å². The molecule has 9 N–H and O–H groups in total. The van der Waals surface area contributed by atoms with Crippen LogP contribution in [-0.2, 0) is 27.1 Å². The Morgan fingerprint density at radius 3 is 1.98 bits per heavy atom. The molecule has 0 radical (unpaired) electrons. The highest BCUT2D eigenvalue weighted by Gasteiger charge is 2.51. The zero-order valence-electron chi connectivity index (χ0n) is 29.3. The first kappa shape index (κ1) is 39.4. The van der Waals surface area contributed by atoms with Crippen LogP contribution in [0, 0.1) is 0 Å². The molecule has 3 aromatic rings. The number of rotatable bonds is 11. The molecule has 2 fully saturated rings. The molecule has 5 rings (SSSR count). The summed E-state index contributed by atoms with van der Waals surface area (Å²) in [4.78, 5) is 14.4. The Morgan fingerprint density at radius 2 is 1.37 bits per heavy atom. The Hall–Kier alpha value is -3.81. The van der Waals surface area contributed by atoms with Crippen molar-refractivity contribution in [2.45, 2.75) is 102 Å². The monoisotopic (exact) mass is 734 g/mol. The summed E-state index contributed by atoms with van der Waals surface area (Å²) in [7, 11) is 1.38. The van der Waals surface area contributed by atoms with Gasteiger partial charge in [-0.3, -0.25) is 4.79 Å². The van der Waals surface area contributed by atoms with E-state index in [0.717, 1.165) is 17.2 Å². The number of fused-ring (bicyclic) bond motifs is 2. The van der Waals surface area contributed by atoms with Gasteiger partial charge in [-0.05, 0) is 46.6 Å². The SMILES string of the molecule is COc1cc(CC=C(C)C)c(O)c2c(=O)c3c(CC=C(C)C)c(OC4OC(CO)C(OC5OC(CO)C(O)C(O)C5O)C(O)C4O)cc(O)c3oc12. The fraction of sp³-hybridized carbons (Fsp3) is 0.528. The number of hydrogen-bond acceptors (Lipinski definition) is 16. The second-order valence-corrected chi connectivity index (χ2v) is 13.4. The molecule has 0 saturated carbocycles. The van der Waals surface area contributed by atoms with Crippen LogP contribution in [0.5, 0.6) is 23.0 Å². The van der Waals surface area contributed by atoms with E-state index in [1.165, 1.54) is 7.11 Å². The zero-order chi connectivity index (χ0) is 38.2. The van der Waals surface area contributed by atoms with Crippen LogP contribution < -0.4 is 14.9 Å². The van der Waals surface area contributed by atoms with E-state index in [1.54, 1.807) is 12.1 Å². The maximum atomic E-state index is 14.4. The number of benzene rings is 2. The van der Waals surface area contributed by atoms with E-state index in [-0.39, 0.29) is 57.6 Å². The summed E-state index contributed by atoms with van der Waals surface area (Å²) in [6, 6.07) is 2.68. The number of phenols is 2. The Kier molecular flexibility index (Phi) is 12.2. The molecule has 3 heterocycles. The highest BCUT2D eigenvalue weighted by Crippen LogP contribution is 2.42. The number of aliphatic hydroxyl groups is 7. The van der Waals surface area contributed by atoms with Gasteiger partial charge in [0.25, 0.3) is 0 Å². The van der Waals surface area contributed by atoms with E-state index in [2.05, 4.69) is 0 Å². The molecule has 10 unspecified atom stereocenters. The standard InChI is InChI=1S/C36H46O16/c1-14(2)6-8-16-10-20(47-5)33-24(25(16)40)27(42)23-17(9-7-15(3)4)19(11-18(39)32(23)51-33)48-35-31(46)29(44)34(22(13-38)50-35)52-36-30(45)28(43)26(41)21(12-37)49-36/h6-7,10-11,21-22,26,28-31,34-41,43-46H,8-9,12-13H2,1-5H3. The van der Waals surface area contributed by atoms with E-state index in [0.29, 0.717) is 5.56 Å². The third-order valence-corrected chi connectivity index (χ3v) is 9.15. The lowest BCUT2D eigenvalue weighted by molar-refractivity contribution is -0.352. The summed E-state index contributed by atoms with van der Waals surface area (Å²) in [6.45, 7) is 5.85. The summed E-state index contributed by atoms with van der Waals surface area (Å²) in [5.41, 5.74) is 1.35. The molecule has 2 saturated heterocycles. The Bertz CT molecular complexity index is 1870. The second kappa shape index (κ2) is 16.1. The first-order chi connectivity index (χ1) is 24.6. The molecule has 0 bridgehead atoms. The maximum Gasteiger partial charge on any atom is 0.229 e. The predicted octanol–water partition coefficient (Wildman–Crippen LogP) is 0.386. The number of phenolic OH excluding ortho intramolecular Hbond substituents is 2. The summed E-state index contributed by atoms with van der Waals surface area (Å²) >= 11 is 0. The van der Waals surface area contributed by atoms with Crippen molar-refractivity contribution in [3.63, 3.8) is 0 Å². The fourth-order valence-corrected chi connectivity index (χ4v) is 6.24. The number of allylic oxidation sites excluding steroid dienone is 4. The average molecular weight is 735 g/mol. The predicted molar refractivity (Wildman–Crippen MR) is 183 cm³/mol. The second-order valence-electron chi connectivity index (χ2n) is 13.4. The minimum absolute atomic E-state index is 0.0394. The quantitative estimate of drug-likeness (QED) is 0.0953. The van der Waals surface area contributed by atoms with Gasteiger partial charge in [-0.25, -0.2) is 0 Å². The van der Waals surface area contributed by atoms with Crippen LogP contribution in [0.1, 0.15) is 38.8 Å². The molecule has 0 aliphatic carbocycles. The van der Waals surface area contributed by atoms with Crippen LogP contribution in [-0.4, -0.2) is 128 Å². The normalized spacial score (nSPS) is 29.2. The Labute approximate surface area is 297 Å². The third-order valence-electron chi connectivity index (χ3n) is 9.15. The van der Waals surface area contributed by atoms with Gasteiger partial charge < -0.3 is 74.1 Å². The van der Waals surface area contributed by atoms with Crippen molar-refractivity contribution in [3.05, 3.63) is 56.8 Å². The molecule has 16 nitrogen and oxygen atoms in total. The van der Waals surface area contributed by atoms with Gasteiger partial charge in [0.2, 0.25) is 11.7 Å². The van der Waals surface area contributed by atoms with Crippen molar-refractivity contribution in [1.82, 2.24) is 0 Å². The highest BCUT2D eigenvalue weighted by atomic mass is 16.7. The zero-order valence-corrected chi connectivity index (χ0v) is 29.3. The van der Waals surface area contributed by atoms with E-state index in [1.807, 2.05) is 33.8 Å². The smallest absolute Gasteiger partial charge is 0.229 e. The lowest BCUT2D eigenvalue weighted by atomic mass is 9.96. The van der Waals surface area contributed by atoms with Crippen molar-refractivity contribution in [2.75, 3.05) is 20.3 Å². The minimum Gasteiger partial charge on any atom is -0.507 e. The molecular formula is C36H46O16. The minimum atomic E-state index is -1.91. The Balaban J connectivity index is 1.57. The van der Waals surface area contributed by atoms with Gasteiger partial charge in [-0.15, -0.1) is 0 Å². The number of aromatic hydroxyl groups is 2. The van der Waals surface area contributed by atoms with Crippen molar-refractivity contribution in [2.24, 2.45) is 0 Å². The molecule has 1 aromatic heterocycles. The van der Waals surface area contributed by atoms with Gasteiger partial charge in [-0.2, -0.15) is 0 Å². The lowest BCUT2D eigenvalue weighted by Gasteiger charge is -2.45. The molecule has 10 atom stereocenters. The van der Waals surface area contributed by atoms with E-state index in [9.17, 15) is 50.8 Å². The first-order valence-electron chi connectivity index (χ1n) is 16.7. The lowest BCUT2D eigenvalue weighted by Crippen LogP contribution is -2.65. The van der Waals surface area contributed by atoms with E-state index >= 15 is 0 Å². The van der Waals surface area contributed by atoms with Crippen LogP contribution >= 0.6 is 0 Å². The average Bonchev–Trinajstić information content (AvgIpc) is 3.10. The van der Waals surface area contributed by atoms with Gasteiger partial charge >= 0.3 is 0 Å². The number of methoxy groups -OCH3 is 1. The summed E-state index contributed by atoms with van der Waals surface area (Å²) < 4.78 is 34.3. The number of ether oxygens (including phenoxy) is 5. The van der Waals surface area contributed by atoms with Crippen LogP contribution in [0.4, 0.5) is 0 Å². The van der Waals surface area contributed by atoms with Gasteiger partial charge in [0.05, 0.1) is 25.7 Å². The third kappa shape index (κ3) is 7.49. The number of aliphatic hydroxyl groups excluding tert-OH is 7. The molecule has 52 heavy (non-hydrogen) atoms. The van der Waals surface area contributed by atoms with E-state index < -0.39 is 85.8 Å². The van der Waals surface area contributed by atoms with Crippen LogP contribution in [0.3, 0.4) is 0 Å². The summed E-state index contributed by atoms with van der Waals surface area (Å²) in [6.07, 6.45) is -13.0. The van der Waals surface area contributed by atoms with Gasteiger partial charge in [0.15, 0.2) is 29.0 Å². The van der Waals surface area contributed by atoms with Crippen molar-refractivity contribution in [1.29, 1.82) is 0 Å². The molecule has 0 amide bonds. The molecule has 16 heteroatoms.